The summed E-state index contributed by atoms with van der Waals surface area (Å²) in [4.78, 5) is 163. The van der Waals surface area contributed by atoms with E-state index in [1.54, 1.807) is 44.2 Å². The number of nitrogens with zero attached hydrogens (tertiary/aromatic N) is 4. The minimum Gasteiger partial charge on any atom is -0.495 e. The van der Waals surface area contributed by atoms with Crippen LogP contribution in [-0.2, 0) is 80.0 Å². The number of primary amides is 1. The zero-order valence-corrected chi connectivity index (χ0v) is 54.5. The fraction of sp³-hybridized carbons (Fsp3) is 0.524. The Bertz CT molecular complexity index is 3140. The lowest BCUT2D eigenvalue weighted by atomic mass is 9.93. The van der Waals surface area contributed by atoms with E-state index in [0.29, 0.717) is 28.5 Å². The number of esters is 1. The number of anilines is 2. The minimum absolute atomic E-state index is 0.0435. The summed E-state index contributed by atoms with van der Waals surface area (Å²) >= 11 is 6.76. The Morgan fingerprint density at radius 1 is 0.892 bits per heavy atom. The molecule has 8 N–H and O–H groups in total. The molecule has 0 aliphatic carbocycles. The molecule has 0 saturated carbocycles. The molecule has 508 valence electrons. The number of nitrogens with one attached hydrogen (secondary N) is 5. The number of allylic oxidation sites excluding steroid dienone is 3. The van der Waals surface area contributed by atoms with E-state index in [-0.39, 0.29) is 94.6 Å². The quantitative estimate of drug-likeness (QED) is 0.0228. The maximum absolute atomic E-state index is 14.2. The first-order valence-electron chi connectivity index (χ1n) is 30.3. The first-order chi connectivity index (χ1) is 44.0. The Labute approximate surface area is 544 Å². The van der Waals surface area contributed by atoms with Gasteiger partial charge in [0.1, 0.15) is 53.8 Å². The predicted octanol–water partition coefficient (Wildman–Crippen LogP) is 4.16. The Hall–Kier alpha value is -9.09. The molecule has 2 aromatic rings. The Kier molecular flexibility index (Phi) is 28.6. The number of aliphatic hydroxyl groups is 1. The molecule has 3 aliphatic rings. The van der Waals surface area contributed by atoms with Gasteiger partial charge in [0.25, 0.3) is 11.8 Å². The predicted molar refractivity (Wildman–Crippen MR) is 336 cm³/mol. The molecule has 7 atom stereocenters. The van der Waals surface area contributed by atoms with Crippen molar-refractivity contribution in [3.8, 4) is 5.75 Å². The number of ether oxygens (including phenoxy) is 5. The van der Waals surface area contributed by atoms with Crippen LogP contribution >= 0.6 is 11.6 Å². The van der Waals surface area contributed by atoms with Crippen molar-refractivity contribution in [1.29, 1.82) is 0 Å². The van der Waals surface area contributed by atoms with Gasteiger partial charge in [-0.3, -0.25) is 38.4 Å². The normalized spacial score (nSPS) is 21.1. The molecule has 30 heteroatoms. The van der Waals surface area contributed by atoms with Gasteiger partial charge < -0.3 is 80.6 Å². The van der Waals surface area contributed by atoms with Crippen LogP contribution in [0.3, 0.4) is 0 Å². The first-order valence-corrected chi connectivity index (χ1v) is 30.7. The summed E-state index contributed by atoms with van der Waals surface area (Å²) in [5.41, 5.74) is 5.89. The second kappa shape index (κ2) is 35.7. The molecule has 1 unspecified atom stereocenters. The number of halogens is 1. The zero-order valence-electron chi connectivity index (χ0n) is 53.7. The number of carbonyl (C=O) groups is 12. The fourth-order valence-electron chi connectivity index (χ4n) is 9.82. The third kappa shape index (κ3) is 23.5. The first kappa shape index (κ1) is 74.6. The van der Waals surface area contributed by atoms with Crippen LogP contribution in [0, 0.1) is 5.92 Å². The number of fused-ring (bicyclic) bond motifs is 4. The standard InChI is InChI=1S/C63H85ClN10O19/c1-37(2)57(70-49(75)17-10-11-18-54(80)93-74-51(77)23-24-52(74)78)59(83)68-43(15-13-28-66-60(65)84)58(82)67-41-21-19-39(20-22-41)36-90-62(86)71(5)29-26-50(76)72(6)35-55(81)92-48-34-53(79)73(7)45-31-40(32-47(89-9)56(45)64)30-38(3)14-12-16-46(88-8)44-33-42(91-61(85)69-44)25-27-63(48,4)87/h12,14,16,19-22,25,27,31-32,37,42-44,46,48,57,87H,10-11,13,15,17-18,23-24,26,28-30,33-36H2,1-9H3,(H,67,82)(H,68,83)(H,69,85)(H,70,75)(H3,65,66,84)/b16-12+,27-25-,38-14+/t42-,43+,44?,46-,48+,57+,63-/m1/s1. The summed E-state index contributed by atoms with van der Waals surface area (Å²) < 4.78 is 28.1. The van der Waals surface area contributed by atoms with Crippen molar-refractivity contribution >= 4 is 94.5 Å². The van der Waals surface area contributed by atoms with Crippen LogP contribution in [0.1, 0.15) is 109 Å². The van der Waals surface area contributed by atoms with E-state index in [0.717, 1.165) is 20.9 Å². The molecule has 29 nitrogen and oxygen atoms in total. The van der Waals surface area contributed by atoms with Crippen LogP contribution in [0.15, 0.2) is 72.4 Å². The van der Waals surface area contributed by atoms with Crippen LogP contribution in [0.25, 0.3) is 0 Å². The second-order valence-electron chi connectivity index (χ2n) is 23.3. The van der Waals surface area contributed by atoms with Gasteiger partial charge in [-0.1, -0.05) is 67.5 Å². The highest BCUT2D eigenvalue weighted by molar-refractivity contribution is 6.35. The van der Waals surface area contributed by atoms with Gasteiger partial charge in [0.05, 0.1) is 31.4 Å². The number of rotatable bonds is 26. The number of nitrogens with two attached hydrogens (primary N) is 1. The third-order valence-electron chi connectivity index (χ3n) is 15.3. The fourth-order valence-corrected chi connectivity index (χ4v) is 10.1. The molecule has 2 fully saturated rings. The van der Waals surface area contributed by atoms with Crippen molar-refractivity contribution in [1.82, 2.24) is 36.1 Å². The average molecular weight is 1320 g/mol. The summed E-state index contributed by atoms with van der Waals surface area (Å²) in [6.45, 7) is 5.70. The van der Waals surface area contributed by atoms with E-state index in [4.69, 9.17) is 45.9 Å². The van der Waals surface area contributed by atoms with Crippen molar-refractivity contribution in [2.75, 3.05) is 65.2 Å². The van der Waals surface area contributed by atoms with Gasteiger partial charge in [0.2, 0.25) is 29.5 Å². The molecule has 0 radical (unpaired) electrons. The number of hydrogen-bond donors (Lipinski definition) is 7. The van der Waals surface area contributed by atoms with E-state index < -0.39 is 132 Å². The number of hydrogen-bond acceptors (Lipinski definition) is 19. The van der Waals surface area contributed by atoms with Crippen LogP contribution in [-0.4, -0.2) is 189 Å². The molecule has 0 spiro atoms. The number of methoxy groups -OCH3 is 2. The molecule has 2 saturated heterocycles. The Balaban J connectivity index is 1.14. The third-order valence-corrected chi connectivity index (χ3v) is 15.7. The number of amides is 11. The van der Waals surface area contributed by atoms with Crippen molar-refractivity contribution in [3.05, 3.63) is 88.5 Å². The Morgan fingerprint density at radius 2 is 1.58 bits per heavy atom. The van der Waals surface area contributed by atoms with Gasteiger partial charge in [0.15, 0.2) is 0 Å². The number of likely N-dealkylation sites (N-methyl/N-ethyl adjacent to an activating group) is 1. The van der Waals surface area contributed by atoms with Gasteiger partial charge >= 0.3 is 30.2 Å². The lowest BCUT2D eigenvalue weighted by molar-refractivity contribution is -0.197. The number of benzene rings is 2. The number of alkyl carbamates (subject to hydrolysis) is 1. The summed E-state index contributed by atoms with van der Waals surface area (Å²) in [5.74, 6) is -6.18. The maximum Gasteiger partial charge on any atom is 0.409 e. The molecule has 93 heavy (non-hydrogen) atoms. The highest BCUT2D eigenvalue weighted by Crippen LogP contribution is 2.37. The number of hydroxylamine groups is 2. The van der Waals surface area contributed by atoms with Crippen molar-refractivity contribution in [2.45, 2.75) is 153 Å². The number of unbranched alkanes of at least 4 members (excludes halogenated alkanes) is 1. The van der Waals surface area contributed by atoms with Gasteiger partial charge in [-0.15, -0.1) is 5.06 Å². The van der Waals surface area contributed by atoms with Crippen molar-refractivity contribution < 1.29 is 91.2 Å². The summed E-state index contributed by atoms with van der Waals surface area (Å²) in [6.07, 6.45) is 3.75. The van der Waals surface area contributed by atoms with E-state index in [2.05, 4.69) is 26.6 Å². The van der Waals surface area contributed by atoms with E-state index >= 15 is 0 Å². The summed E-state index contributed by atoms with van der Waals surface area (Å²) in [6, 6.07) is 6.11. The highest BCUT2D eigenvalue weighted by Gasteiger charge is 2.39. The number of urea groups is 1. The maximum atomic E-state index is 14.2. The topological polar surface area (TPSA) is 380 Å². The smallest absolute Gasteiger partial charge is 0.409 e. The molecule has 2 aromatic carbocycles. The van der Waals surface area contributed by atoms with Crippen LogP contribution < -0.4 is 42.0 Å². The van der Waals surface area contributed by atoms with E-state index in [9.17, 15) is 62.6 Å². The molecule has 4 bridgehead atoms. The van der Waals surface area contributed by atoms with Gasteiger partial charge in [-0.05, 0) is 93.3 Å². The largest absolute Gasteiger partial charge is 0.495 e. The average Bonchev–Trinajstić information content (AvgIpc) is 1.37. The van der Waals surface area contributed by atoms with Gasteiger partial charge in [-0.25, -0.2) is 19.2 Å². The SMILES string of the molecule is COc1cc2cc(c1Cl)N(C)C(=O)C[C@H](OC(=O)CN(C)C(=O)CCN(C)C(=O)OCc1ccc(NC(=O)[C@H](CCCNC(N)=O)NC(=O)[C@@H](NC(=O)CCCCC(=O)ON3C(=O)CCC3=O)C(C)C)cc1)[C@](C)(O)/C=C\[C@@H]1CC(NC(=O)O1)[C@H](OC)/C=C/C=C(\C)C2. The lowest BCUT2D eigenvalue weighted by Gasteiger charge is -2.34. The zero-order chi connectivity index (χ0) is 68.7. The molecular weight excluding hydrogens is 1240 g/mol. The summed E-state index contributed by atoms with van der Waals surface area (Å²) in [5, 5.41) is 25.9. The van der Waals surface area contributed by atoms with Gasteiger partial charge in [-0.2, -0.15) is 0 Å². The van der Waals surface area contributed by atoms with E-state index in [1.807, 2.05) is 19.1 Å². The van der Waals surface area contributed by atoms with Crippen LogP contribution in [0.2, 0.25) is 5.02 Å². The van der Waals surface area contributed by atoms with Crippen molar-refractivity contribution in [3.63, 3.8) is 0 Å². The molecule has 0 aromatic heterocycles. The monoisotopic (exact) mass is 1320 g/mol. The van der Waals surface area contributed by atoms with Crippen molar-refractivity contribution in [2.24, 2.45) is 11.7 Å². The van der Waals surface area contributed by atoms with Crippen LogP contribution in [0.5, 0.6) is 5.75 Å². The number of carbonyl (C=O) groups excluding carboxylic acids is 12. The summed E-state index contributed by atoms with van der Waals surface area (Å²) in [7, 11) is 7.14. The minimum atomic E-state index is -2.07. The second-order valence-corrected chi connectivity index (χ2v) is 23.6. The molecular formula is C63H85ClN10O19. The molecule has 3 aliphatic heterocycles. The molecule has 3 heterocycles. The molecule has 5 rings (SSSR count). The Morgan fingerprint density at radius 3 is 2.24 bits per heavy atom. The molecule has 11 amide bonds. The van der Waals surface area contributed by atoms with Gasteiger partial charge in [0, 0.05) is 85.6 Å². The number of imide groups is 1. The van der Waals surface area contributed by atoms with E-state index in [1.165, 1.54) is 71.5 Å². The highest BCUT2D eigenvalue weighted by atomic mass is 35.5. The lowest BCUT2D eigenvalue weighted by Crippen LogP contribution is -2.54. The van der Waals surface area contributed by atoms with Crippen LogP contribution in [0.4, 0.5) is 25.8 Å².